The van der Waals surface area contributed by atoms with Crippen molar-refractivity contribution in [3.8, 4) is 0 Å². The van der Waals surface area contributed by atoms with Crippen LogP contribution in [-0.4, -0.2) is 26.5 Å². The fraction of sp³-hybridized carbons (Fsp3) is 0.500. The molecule has 1 amide bonds. The molecule has 0 aromatic heterocycles. The van der Waals surface area contributed by atoms with Crippen molar-refractivity contribution in [2.75, 3.05) is 31.3 Å². The third kappa shape index (κ3) is 3.65. The second-order valence-electron chi connectivity index (χ2n) is 5.77. The molecule has 0 radical (unpaired) electrons. The van der Waals surface area contributed by atoms with Gasteiger partial charge in [0.2, 0.25) is 0 Å². The average molecular weight is 249 g/mol. The maximum Gasteiger partial charge on any atom is 0.251 e. The zero-order chi connectivity index (χ0) is 13.9. The predicted molar refractivity (Wildman–Crippen MR) is 77.0 cm³/mol. The predicted octanol–water partition coefficient (Wildman–Crippen LogP) is 2.11. The van der Waals surface area contributed by atoms with Gasteiger partial charge in [0.15, 0.2) is 0 Å². The van der Waals surface area contributed by atoms with Crippen LogP contribution in [0, 0.1) is 5.41 Å². The zero-order valence-electron chi connectivity index (χ0n) is 11.9. The van der Waals surface area contributed by atoms with Crippen molar-refractivity contribution >= 4 is 17.3 Å². The van der Waals surface area contributed by atoms with Gasteiger partial charge >= 0.3 is 0 Å². The fourth-order valence-corrected chi connectivity index (χ4v) is 1.98. The molecule has 1 aromatic carbocycles. The van der Waals surface area contributed by atoms with E-state index in [-0.39, 0.29) is 11.3 Å². The standard InChI is InChI=1S/C14H23N3O/c1-14(2,3)9-17(5)12-7-6-10(8-11(12)15)13(18)16-4/h6-8H,9,15H2,1-5H3,(H,16,18). The van der Waals surface area contributed by atoms with Gasteiger partial charge in [0, 0.05) is 26.2 Å². The molecule has 0 unspecified atom stereocenters. The van der Waals surface area contributed by atoms with Crippen LogP contribution in [0.3, 0.4) is 0 Å². The van der Waals surface area contributed by atoms with Gasteiger partial charge in [-0.2, -0.15) is 0 Å². The average Bonchev–Trinajstić information content (AvgIpc) is 2.25. The largest absolute Gasteiger partial charge is 0.397 e. The number of rotatable bonds is 3. The van der Waals surface area contributed by atoms with Gasteiger partial charge in [-0.1, -0.05) is 20.8 Å². The molecule has 0 aliphatic heterocycles. The van der Waals surface area contributed by atoms with Crippen LogP contribution in [0.4, 0.5) is 11.4 Å². The molecule has 1 rings (SSSR count). The van der Waals surface area contributed by atoms with E-state index in [0.29, 0.717) is 11.3 Å². The number of nitrogens with one attached hydrogen (secondary N) is 1. The number of carbonyl (C=O) groups excluding carboxylic acids is 1. The molecule has 0 spiro atoms. The molecule has 0 bridgehead atoms. The van der Waals surface area contributed by atoms with Crippen LogP contribution in [0.15, 0.2) is 18.2 Å². The molecule has 1 aromatic rings. The fourth-order valence-electron chi connectivity index (χ4n) is 1.98. The third-order valence-corrected chi connectivity index (χ3v) is 2.64. The number of nitrogens with zero attached hydrogens (tertiary/aromatic N) is 1. The summed E-state index contributed by atoms with van der Waals surface area (Å²) in [6.45, 7) is 7.44. The van der Waals surface area contributed by atoms with E-state index in [2.05, 4.69) is 31.0 Å². The zero-order valence-corrected chi connectivity index (χ0v) is 11.9. The van der Waals surface area contributed by atoms with E-state index in [1.165, 1.54) is 0 Å². The van der Waals surface area contributed by atoms with Crippen LogP contribution in [0.25, 0.3) is 0 Å². The topological polar surface area (TPSA) is 58.4 Å². The number of amides is 1. The molecule has 0 saturated carbocycles. The van der Waals surface area contributed by atoms with Gasteiger partial charge in [-0.05, 0) is 23.6 Å². The van der Waals surface area contributed by atoms with Gasteiger partial charge in [0.1, 0.15) is 0 Å². The van der Waals surface area contributed by atoms with Gasteiger partial charge in [-0.15, -0.1) is 0 Å². The molecule has 3 N–H and O–H groups in total. The molecular weight excluding hydrogens is 226 g/mol. The van der Waals surface area contributed by atoms with Crippen molar-refractivity contribution in [3.63, 3.8) is 0 Å². The highest BCUT2D eigenvalue weighted by molar-refractivity contribution is 5.96. The minimum absolute atomic E-state index is 0.119. The van der Waals surface area contributed by atoms with Crippen molar-refractivity contribution in [3.05, 3.63) is 23.8 Å². The van der Waals surface area contributed by atoms with Crippen LogP contribution in [-0.2, 0) is 0 Å². The Labute approximate surface area is 109 Å². The smallest absolute Gasteiger partial charge is 0.251 e. The van der Waals surface area contributed by atoms with Crippen molar-refractivity contribution in [1.82, 2.24) is 5.32 Å². The summed E-state index contributed by atoms with van der Waals surface area (Å²) < 4.78 is 0. The summed E-state index contributed by atoms with van der Waals surface area (Å²) in [6, 6.07) is 5.41. The van der Waals surface area contributed by atoms with Crippen molar-refractivity contribution in [2.45, 2.75) is 20.8 Å². The van der Waals surface area contributed by atoms with E-state index >= 15 is 0 Å². The summed E-state index contributed by atoms with van der Waals surface area (Å²) in [6.07, 6.45) is 0. The van der Waals surface area contributed by atoms with Gasteiger partial charge in [-0.3, -0.25) is 4.79 Å². The van der Waals surface area contributed by atoms with Gasteiger partial charge in [0.05, 0.1) is 11.4 Å². The summed E-state index contributed by atoms with van der Waals surface area (Å²) in [5, 5.41) is 2.59. The molecule has 0 aliphatic carbocycles. The molecule has 0 fully saturated rings. The molecule has 0 aliphatic rings. The van der Waals surface area contributed by atoms with Crippen molar-refractivity contribution in [1.29, 1.82) is 0 Å². The summed E-state index contributed by atoms with van der Waals surface area (Å²) in [5.41, 5.74) is 8.38. The Balaban J connectivity index is 2.95. The Bertz CT molecular complexity index is 435. The van der Waals surface area contributed by atoms with E-state index in [4.69, 9.17) is 5.73 Å². The maximum absolute atomic E-state index is 11.5. The lowest BCUT2D eigenvalue weighted by molar-refractivity contribution is 0.0963. The molecule has 4 nitrogen and oxygen atoms in total. The second kappa shape index (κ2) is 5.29. The monoisotopic (exact) mass is 249 g/mol. The molecular formula is C14H23N3O. The van der Waals surface area contributed by atoms with E-state index in [9.17, 15) is 4.79 Å². The number of anilines is 2. The highest BCUT2D eigenvalue weighted by Crippen LogP contribution is 2.26. The molecule has 18 heavy (non-hydrogen) atoms. The van der Waals surface area contributed by atoms with Gasteiger partial charge < -0.3 is 16.0 Å². The number of benzene rings is 1. The molecule has 0 saturated heterocycles. The third-order valence-electron chi connectivity index (χ3n) is 2.64. The lowest BCUT2D eigenvalue weighted by Crippen LogP contribution is -2.29. The normalized spacial score (nSPS) is 11.2. The van der Waals surface area contributed by atoms with E-state index in [1.54, 1.807) is 19.2 Å². The lowest BCUT2D eigenvalue weighted by atomic mass is 9.96. The van der Waals surface area contributed by atoms with E-state index < -0.39 is 0 Å². The van der Waals surface area contributed by atoms with Crippen LogP contribution in [0.2, 0.25) is 0 Å². The molecule has 0 atom stereocenters. The van der Waals surface area contributed by atoms with E-state index in [1.807, 2.05) is 13.1 Å². The molecule has 0 heterocycles. The first-order chi connectivity index (χ1) is 8.24. The minimum atomic E-state index is -0.119. The number of carbonyl (C=O) groups is 1. The first kappa shape index (κ1) is 14.4. The van der Waals surface area contributed by atoms with Gasteiger partial charge in [0.25, 0.3) is 5.91 Å². The second-order valence-corrected chi connectivity index (χ2v) is 5.77. The first-order valence-corrected chi connectivity index (χ1v) is 6.07. The number of hydrogen-bond acceptors (Lipinski definition) is 3. The van der Waals surface area contributed by atoms with Gasteiger partial charge in [-0.25, -0.2) is 0 Å². The Morgan fingerprint density at radius 2 is 2.00 bits per heavy atom. The Morgan fingerprint density at radius 3 is 2.44 bits per heavy atom. The highest BCUT2D eigenvalue weighted by atomic mass is 16.1. The summed E-state index contributed by atoms with van der Waals surface area (Å²) in [5.74, 6) is -0.119. The summed E-state index contributed by atoms with van der Waals surface area (Å²) in [4.78, 5) is 13.6. The highest BCUT2D eigenvalue weighted by Gasteiger charge is 2.16. The Kier molecular flexibility index (Phi) is 4.22. The van der Waals surface area contributed by atoms with Crippen molar-refractivity contribution in [2.24, 2.45) is 5.41 Å². The lowest BCUT2D eigenvalue weighted by Gasteiger charge is -2.29. The number of nitrogen functional groups attached to an aromatic ring is 1. The van der Waals surface area contributed by atoms with Crippen LogP contribution < -0.4 is 16.0 Å². The number of nitrogens with two attached hydrogens (primary N) is 1. The number of hydrogen-bond donors (Lipinski definition) is 2. The maximum atomic E-state index is 11.5. The van der Waals surface area contributed by atoms with E-state index in [0.717, 1.165) is 12.2 Å². The minimum Gasteiger partial charge on any atom is -0.397 e. The molecule has 4 heteroatoms. The quantitative estimate of drug-likeness (QED) is 0.807. The molecule has 100 valence electrons. The van der Waals surface area contributed by atoms with Crippen LogP contribution in [0.1, 0.15) is 31.1 Å². The first-order valence-electron chi connectivity index (χ1n) is 6.07. The van der Waals surface area contributed by atoms with Crippen LogP contribution in [0.5, 0.6) is 0 Å². The summed E-state index contributed by atoms with van der Waals surface area (Å²) >= 11 is 0. The Morgan fingerprint density at radius 1 is 1.39 bits per heavy atom. The summed E-state index contributed by atoms with van der Waals surface area (Å²) in [7, 11) is 3.62. The van der Waals surface area contributed by atoms with Crippen LogP contribution >= 0.6 is 0 Å². The Hall–Kier alpha value is -1.71. The van der Waals surface area contributed by atoms with Crippen molar-refractivity contribution < 1.29 is 4.79 Å². The SMILES string of the molecule is CNC(=O)c1ccc(N(C)CC(C)(C)C)c(N)c1.